The fourth-order valence-corrected chi connectivity index (χ4v) is 5.89. The normalized spacial score (nSPS) is 15.6. The first-order valence-corrected chi connectivity index (χ1v) is 11.3. The smallest absolute Gasteiger partial charge is 0.339 e. The quantitative estimate of drug-likeness (QED) is 0.602. The van der Waals surface area contributed by atoms with Gasteiger partial charge in [0, 0.05) is 10.2 Å². The summed E-state index contributed by atoms with van der Waals surface area (Å²) in [5.74, 6) is -1.18. The molecule has 4 nitrogen and oxygen atoms in total. The zero-order chi connectivity index (χ0) is 20.5. The van der Waals surface area contributed by atoms with Crippen LogP contribution in [-0.4, -0.2) is 17.0 Å². The van der Waals surface area contributed by atoms with E-state index < -0.39 is 5.97 Å². The molecule has 1 aromatic heterocycles. The van der Waals surface area contributed by atoms with Crippen molar-refractivity contribution in [2.24, 2.45) is 0 Å². The van der Waals surface area contributed by atoms with Crippen molar-refractivity contribution in [2.75, 3.05) is 5.32 Å². The molecule has 3 atom stereocenters. The van der Waals surface area contributed by atoms with Crippen LogP contribution in [0, 0.1) is 0 Å². The number of carbonyl (C=O) groups excluding carboxylic acids is 1. The van der Waals surface area contributed by atoms with Gasteiger partial charge in [0.15, 0.2) is 0 Å². The molecule has 0 saturated heterocycles. The Kier molecular flexibility index (Phi) is 5.83. The molecule has 148 valence electrons. The van der Waals surface area contributed by atoms with Crippen LogP contribution < -0.4 is 15.2 Å². The fourth-order valence-electron chi connectivity index (χ4n) is 3.92. The third kappa shape index (κ3) is 4.14. The highest BCUT2D eigenvalue weighted by molar-refractivity contribution is 7.45. The summed E-state index contributed by atoms with van der Waals surface area (Å²) in [5.41, 5.74) is 4.17. The molecular weight excluding hydrogens is 420 g/mol. The molecule has 7 heteroatoms. The summed E-state index contributed by atoms with van der Waals surface area (Å²) in [6.07, 6.45) is 2.65. The highest BCUT2D eigenvalue weighted by atomic mass is 32.1. The first-order chi connectivity index (χ1) is 13.9. The highest BCUT2D eigenvalue weighted by Gasteiger charge is 2.30. The topological polar surface area (TPSA) is 66.4 Å². The lowest BCUT2D eigenvalue weighted by atomic mass is 9.80. The third-order valence-electron chi connectivity index (χ3n) is 5.34. The lowest BCUT2D eigenvalue weighted by Crippen LogP contribution is -2.19. The van der Waals surface area contributed by atoms with E-state index in [1.807, 2.05) is 24.3 Å². The van der Waals surface area contributed by atoms with E-state index >= 15 is 0 Å². The van der Waals surface area contributed by atoms with Crippen LogP contribution in [-0.2, 0) is 12.8 Å². The van der Waals surface area contributed by atoms with Gasteiger partial charge in [0.25, 0.3) is 5.91 Å². The van der Waals surface area contributed by atoms with Crippen molar-refractivity contribution in [1.29, 1.82) is 0 Å². The maximum atomic E-state index is 12.6. The molecule has 1 heterocycles. The van der Waals surface area contributed by atoms with Crippen molar-refractivity contribution in [3.63, 3.8) is 0 Å². The second-order valence-electron chi connectivity index (χ2n) is 7.17. The first-order valence-electron chi connectivity index (χ1n) is 9.33. The molecule has 2 aromatic carbocycles. The summed E-state index contributed by atoms with van der Waals surface area (Å²) in [7, 11) is 5.25. The van der Waals surface area contributed by atoms with Crippen molar-refractivity contribution < 1.29 is 14.7 Å². The maximum Gasteiger partial charge on any atom is 0.339 e. The first kappa shape index (κ1) is 20.2. The Hall–Kier alpha value is -2.06. The number of rotatable bonds is 4. The van der Waals surface area contributed by atoms with Gasteiger partial charge in [-0.05, 0) is 59.3 Å². The molecule has 0 radical (unpaired) electrons. The third-order valence-corrected chi connectivity index (χ3v) is 7.34. The minimum absolute atomic E-state index is 0.127. The van der Waals surface area contributed by atoms with Crippen molar-refractivity contribution in [1.82, 2.24) is 0 Å². The highest BCUT2D eigenvalue weighted by Crippen LogP contribution is 2.39. The lowest BCUT2D eigenvalue weighted by molar-refractivity contribution is 0.0697. The van der Waals surface area contributed by atoms with E-state index in [0.29, 0.717) is 10.6 Å². The van der Waals surface area contributed by atoms with Crippen LogP contribution in [0.1, 0.15) is 49.7 Å². The van der Waals surface area contributed by atoms with Gasteiger partial charge in [-0.15, -0.1) is 20.6 Å². The van der Waals surface area contributed by atoms with Crippen LogP contribution in [0.5, 0.6) is 0 Å². The maximum absolute atomic E-state index is 12.6. The molecule has 3 unspecified atom stereocenters. The monoisotopic (exact) mass is 441 g/mol. The molecule has 0 saturated carbocycles. The Balaban J connectivity index is 1.66. The Morgan fingerprint density at radius 2 is 1.72 bits per heavy atom. The molecule has 1 aliphatic carbocycles. The van der Waals surface area contributed by atoms with Gasteiger partial charge >= 0.3 is 5.97 Å². The lowest BCUT2D eigenvalue weighted by Gasteiger charge is -2.25. The number of carboxylic acid groups (broad SMARTS) is 1. The number of benzene rings is 2. The molecule has 0 aliphatic heterocycles. The average molecular weight is 441 g/mol. The standard InChI is InChI=1S/C22H21NO3P2S/c24-19(13-7-9-16(27)10-8-13)23-20-18(21(25)26)17(22(28)29-20)15-6-5-12-3-1-2-4-14(12)11-15/h1-4,7-10,15H,5-6,11,27-28H2,(H,23,24)(H,25,26). The Bertz CT molecular complexity index is 1090. The number of anilines is 1. The van der Waals surface area contributed by atoms with E-state index in [0.717, 1.165) is 34.7 Å². The van der Waals surface area contributed by atoms with Crippen LogP contribution in [0.15, 0.2) is 48.5 Å². The number of aryl methyl sites for hydroxylation is 1. The Morgan fingerprint density at radius 1 is 1.03 bits per heavy atom. The van der Waals surface area contributed by atoms with Gasteiger partial charge in [-0.25, -0.2) is 4.79 Å². The number of amides is 1. The van der Waals surface area contributed by atoms with E-state index in [1.54, 1.807) is 12.1 Å². The second-order valence-corrected chi connectivity index (χ2v) is 9.89. The second kappa shape index (κ2) is 8.36. The molecule has 0 spiro atoms. The summed E-state index contributed by atoms with van der Waals surface area (Å²) in [4.78, 5) is 24.8. The van der Waals surface area contributed by atoms with Crippen molar-refractivity contribution in [3.8, 4) is 0 Å². The molecule has 1 amide bonds. The van der Waals surface area contributed by atoms with Gasteiger partial charge in [-0.1, -0.05) is 45.6 Å². The summed E-state index contributed by atoms with van der Waals surface area (Å²) in [6.45, 7) is 0. The van der Waals surface area contributed by atoms with Crippen LogP contribution >= 0.6 is 29.8 Å². The summed E-state index contributed by atoms with van der Waals surface area (Å²) in [6, 6.07) is 15.5. The number of fused-ring (bicyclic) bond motifs is 1. The van der Waals surface area contributed by atoms with Crippen molar-refractivity contribution >= 4 is 56.6 Å². The van der Waals surface area contributed by atoms with Crippen LogP contribution in [0.3, 0.4) is 0 Å². The van der Waals surface area contributed by atoms with E-state index in [4.69, 9.17) is 0 Å². The summed E-state index contributed by atoms with van der Waals surface area (Å²) in [5, 5.41) is 14.2. The Morgan fingerprint density at radius 3 is 2.41 bits per heavy atom. The van der Waals surface area contributed by atoms with Gasteiger partial charge in [0.05, 0.1) is 5.56 Å². The number of aromatic carboxylic acids is 1. The van der Waals surface area contributed by atoms with E-state index in [-0.39, 0.29) is 17.4 Å². The van der Waals surface area contributed by atoms with Gasteiger partial charge in [-0.2, -0.15) is 0 Å². The summed E-state index contributed by atoms with van der Waals surface area (Å²) < 4.78 is 0.877. The van der Waals surface area contributed by atoms with Crippen LogP contribution in [0.4, 0.5) is 5.00 Å². The van der Waals surface area contributed by atoms with E-state index in [2.05, 4.69) is 35.9 Å². The van der Waals surface area contributed by atoms with Gasteiger partial charge < -0.3 is 10.4 Å². The molecule has 1 aliphatic rings. The van der Waals surface area contributed by atoms with Gasteiger partial charge in [0.2, 0.25) is 0 Å². The molecule has 0 bridgehead atoms. The van der Waals surface area contributed by atoms with Gasteiger partial charge in [0.1, 0.15) is 5.00 Å². The Labute approximate surface area is 178 Å². The number of hydrogen-bond acceptors (Lipinski definition) is 3. The minimum Gasteiger partial charge on any atom is -0.478 e. The minimum atomic E-state index is -1.00. The van der Waals surface area contributed by atoms with E-state index in [9.17, 15) is 14.7 Å². The zero-order valence-electron chi connectivity index (χ0n) is 15.6. The molecule has 2 N–H and O–H groups in total. The number of carbonyl (C=O) groups is 2. The molecule has 0 fully saturated rings. The average Bonchev–Trinajstić information content (AvgIpc) is 3.04. The largest absolute Gasteiger partial charge is 0.478 e. The number of carboxylic acids is 1. The van der Waals surface area contributed by atoms with Crippen molar-refractivity contribution in [2.45, 2.75) is 25.2 Å². The molecule has 4 rings (SSSR count). The van der Waals surface area contributed by atoms with Crippen molar-refractivity contribution in [3.05, 3.63) is 76.3 Å². The SMILES string of the molecule is O=C(Nc1sc(P)c(C2CCc3ccccc3C2)c1C(=O)O)c1ccc(P)cc1. The molecular formula is C22H21NO3P2S. The fraction of sp³-hybridized carbons (Fsp3) is 0.182. The number of nitrogens with one attached hydrogen (secondary N) is 1. The van der Waals surface area contributed by atoms with Crippen LogP contribution in [0.25, 0.3) is 0 Å². The van der Waals surface area contributed by atoms with Crippen LogP contribution in [0.2, 0.25) is 0 Å². The molecule has 3 aromatic rings. The summed E-state index contributed by atoms with van der Waals surface area (Å²) >= 11 is 1.32. The predicted molar refractivity (Wildman–Crippen MR) is 126 cm³/mol. The zero-order valence-corrected chi connectivity index (χ0v) is 18.8. The predicted octanol–water partition coefficient (Wildman–Crippen LogP) is 3.97. The number of hydrogen-bond donors (Lipinski definition) is 2. The van der Waals surface area contributed by atoms with Gasteiger partial charge in [-0.3, -0.25) is 4.79 Å². The molecule has 29 heavy (non-hydrogen) atoms. The van der Waals surface area contributed by atoms with E-state index in [1.165, 1.54) is 22.5 Å². The number of thiophene rings is 1.